The van der Waals surface area contributed by atoms with Gasteiger partial charge in [-0.1, -0.05) is 5.92 Å². The molecule has 86 valence electrons. The Morgan fingerprint density at radius 1 is 1.47 bits per heavy atom. The summed E-state index contributed by atoms with van der Waals surface area (Å²) in [7, 11) is 0. The highest BCUT2D eigenvalue weighted by atomic mass is 79.9. The molecular formula is C11H6BrNO2S2. The molecule has 0 atom stereocenters. The van der Waals surface area contributed by atoms with Crippen LogP contribution >= 0.6 is 39.0 Å². The Bertz CT molecular complexity index is 556. The number of nitrogens with zero attached hydrogens (tertiary/aromatic N) is 1. The summed E-state index contributed by atoms with van der Waals surface area (Å²) in [6.45, 7) is 0.0239. The predicted molar refractivity (Wildman–Crippen MR) is 73.5 cm³/mol. The largest absolute Gasteiger partial charge is 0.294 e. The summed E-state index contributed by atoms with van der Waals surface area (Å²) in [5.74, 6) is 1.98. The monoisotopic (exact) mass is 327 g/mol. The maximum Gasteiger partial charge on any atom is 0.294 e. The Kier molecular flexibility index (Phi) is 3.72. The van der Waals surface area contributed by atoms with Gasteiger partial charge in [0.05, 0.1) is 15.2 Å². The lowest BCUT2D eigenvalue weighted by molar-refractivity contribution is -0.122. The first-order valence-corrected chi connectivity index (χ1v) is 6.98. The van der Waals surface area contributed by atoms with E-state index < -0.39 is 0 Å². The van der Waals surface area contributed by atoms with Crippen molar-refractivity contribution in [3.8, 4) is 12.3 Å². The van der Waals surface area contributed by atoms with Crippen molar-refractivity contribution in [1.29, 1.82) is 0 Å². The van der Waals surface area contributed by atoms with Crippen molar-refractivity contribution in [1.82, 2.24) is 4.90 Å². The normalized spacial score (nSPS) is 17.9. The van der Waals surface area contributed by atoms with Crippen molar-refractivity contribution in [3.05, 3.63) is 25.7 Å². The number of carbonyl (C=O) groups excluding carboxylic acids is 2. The smallest absolute Gasteiger partial charge is 0.268 e. The number of terminal acetylenes is 1. The highest BCUT2D eigenvalue weighted by Crippen LogP contribution is 2.33. The average Bonchev–Trinajstić information content (AvgIpc) is 2.79. The first-order chi connectivity index (χ1) is 8.11. The second-order valence-electron chi connectivity index (χ2n) is 3.11. The van der Waals surface area contributed by atoms with E-state index in [-0.39, 0.29) is 17.7 Å². The van der Waals surface area contributed by atoms with Crippen LogP contribution in [0.1, 0.15) is 4.88 Å². The van der Waals surface area contributed by atoms with E-state index in [0.717, 1.165) is 25.3 Å². The molecule has 1 aromatic heterocycles. The van der Waals surface area contributed by atoms with Gasteiger partial charge in [-0.25, -0.2) is 0 Å². The number of thioether (sulfide) groups is 1. The Labute approximate surface area is 115 Å². The molecule has 1 saturated heterocycles. The number of imide groups is 1. The van der Waals surface area contributed by atoms with Gasteiger partial charge in [0.15, 0.2) is 0 Å². The summed E-state index contributed by atoms with van der Waals surface area (Å²) in [5, 5.41) is -0.310. The van der Waals surface area contributed by atoms with E-state index in [9.17, 15) is 9.59 Å². The summed E-state index contributed by atoms with van der Waals surface area (Å²) in [5.41, 5.74) is 0. The highest BCUT2D eigenvalue weighted by Gasteiger charge is 2.34. The van der Waals surface area contributed by atoms with E-state index >= 15 is 0 Å². The fourth-order valence-corrected chi connectivity index (χ4v) is 3.53. The van der Waals surface area contributed by atoms with Crippen LogP contribution in [0.4, 0.5) is 4.79 Å². The van der Waals surface area contributed by atoms with Crippen LogP contribution in [0.15, 0.2) is 20.8 Å². The third kappa shape index (κ3) is 2.63. The zero-order valence-electron chi connectivity index (χ0n) is 8.47. The van der Waals surface area contributed by atoms with Crippen LogP contribution < -0.4 is 0 Å². The molecule has 1 aromatic rings. The van der Waals surface area contributed by atoms with Crippen LogP contribution in [0, 0.1) is 12.3 Å². The fourth-order valence-electron chi connectivity index (χ4n) is 1.26. The standard InChI is InChI=1S/C11H6BrNO2S2/c1-2-5-13-10(14)8(17-11(13)15)6-7-3-4-9(12)16-7/h1,3-4,6H,5H2. The van der Waals surface area contributed by atoms with E-state index in [0.29, 0.717) is 4.91 Å². The van der Waals surface area contributed by atoms with Crippen molar-refractivity contribution >= 4 is 56.3 Å². The van der Waals surface area contributed by atoms with Gasteiger partial charge in [-0.2, -0.15) is 0 Å². The molecule has 1 fully saturated rings. The van der Waals surface area contributed by atoms with Crippen LogP contribution in [-0.4, -0.2) is 22.6 Å². The van der Waals surface area contributed by atoms with E-state index in [1.807, 2.05) is 12.1 Å². The predicted octanol–water partition coefficient (Wildman–Crippen LogP) is 3.18. The number of hydrogen-bond acceptors (Lipinski definition) is 4. The number of carbonyl (C=O) groups is 2. The molecule has 2 rings (SSSR count). The lowest BCUT2D eigenvalue weighted by Crippen LogP contribution is -2.28. The lowest BCUT2D eigenvalue weighted by Gasteiger charge is -2.06. The number of halogens is 1. The molecule has 0 aliphatic carbocycles. The van der Waals surface area contributed by atoms with Crippen LogP contribution in [0.2, 0.25) is 0 Å². The van der Waals surface area contributed by atoms with E-state index in [2.05, 4.69) is 21.9 Å². The van der Waals surface area contributed by atoms with Gasteiger partial charge in [0.25, 0.3) is 11.1 Å². The Morgan fingerprint density at radius 2 is 2.24 bits per heavy atom. The molecule has 1 aliphatic heterocycles. The van der Waals surface area contributed by atoms with Gasteiger partial charge >= 0.3 is 0 Å². The van der Waals surface area contributed by atoms with Crippen molar-refractivity contribution in [2.45, 2.75) is 0 Å². The molecule has 6 heteroatoms. The van der Waals surface area contributed by atoms with Gasteiger partial charge in [-0.3, -0.25) is 14.5 Å². The first kappa shape index (κ1) is 12.4. The first-order valence-electron chi connectivity index (χ1n) is 4.56. The third-order valence-corrected chi connectivity index (χ3v) is 4.47. The molecule has 1 aliphatic rings. The quantitative estimate of drug-likeness (QED) is 0.618. The summed E-state index contributed by atoms with van der Waals surface area (Å²) in [6.07, 6.45) is 6.81. The summed E-state index contributed by atoms with van der Waals surface area (Å²) < 4.78 is 0.978. The van der Waals surface area contributed by atoms with Crippen molar-refractivity contribution in [3.63, 3.8) is 0 Å². The number of thiophene rings is 1. The number of hydrogen-bond donors (Lipinski definition) is 0. The minimum Gasteiger partial charge on any atom is -0.268 e. The molecule has 17 heavy (non-hydrogen) atoms. The molecule has 2 heterocycles. The van der Waals surface area contributed by atoms with Crippen LogP contribution in [0.5, 0.6) is 0 Å². The van der Waals surface area contributed by atoms with E-state index in [1.165, 1.54) is 11.3 Å². The number of rotatable bonds is 2. The fraction of sp³-hybridized carbons (Fsp3) is 0.0909. The third-order valence-electron chi connectivity index (χ3n) is 1.99. The Morgan fingerprint density at radius 3 is 2.82 bits per heavy atom. The van der Waals surface area contributed by atoms with Gasteiger partial charge in [0.2, 0.25) is 0 Å². The molecule has 0 unspecified atom stereocenters. The van der Waals surface area contributed by atoms with E-state index in [1.54, 1.807) is 6.08 Å². The van der Waals surface area contributed by atoms with E-state index in [4.69, 9.17) is 6.42 Å². The van der Waals surface area contributed by atoms with Gasteiger partial charge in [0, 0.05) is 4.88 Å². The maximum absolute atomic E-state index is 11.8. The average molecular weight is 328 g/mol. The molecular weight excluding hydrogens is 322 g/mol. The van der Waals surface area contributed by atoms with Crippen LogP contribution in [-0.2, 0) is 4.79 Å². The molecule has 3 nitrogen and oxygen atoms in total. The summed E-state index contributed by atoms with van der Waals surface area (Å²) in [6, 6.07) is 3.77. The Balaban J connectivity index is 2.25. The van der Waals surface area contributed by atoms with Crippen LogP contribution in [0.25, 0.3) is 6.08 Å². The molecule has 0 aromatic carbocycles. The summed E-state index contributed by atoms with van der Waals surface area (Å²) >= 11 is 5.76. The molecule has 0 saturated carbocycles. The molecule has 0 bridgehead atoms. The molecule has 0 spiro atoms. The van der Waals surface area contributed by atoms with Crippen LogP contribution in [0.3, 0.4) is 0 Å². The number of amides is 2. The lowest BCUT2D eigenvalue weighted by atomic mass is 10.4. The second-order valence-corrected chi connectivity index (χ2v) is 6.60. The van der Waals surface area contributed by atoms with Crippen molar-refractivity contribution < 1.29 is 9.59 Å². The van der Waals surface area contributed by atoms with Crippen molar-refractivity contribution in [2.75, 3.05) is 6.54 Å². The Hall–Kier alpha value is -1.03. The van der Waals surface area contributed by atoms with Gasteiger partial charge in [-0.15, -0.1) is 17.8 Å². The highest BCUT2D eigenvalue weighted by molar-refractivity contribution is 9.11. The maximum atomic E-state index is 11.8. The van der Waals surface area contributed by atoms with Crippen molar-refractivity contribution in [2.24, 2.45) is 0 Å². The van der Waals surface area contributed by atoms with Gasteiger partial charge < -0.3 is 0 Å². The molecule has 0 radical (unpaired) electrons. The zero-order valence-corrected chi connectivity index (χ0v) is 11.7. The SMILES string of the molecule is C#CCN1C(=O)SC(=Cc2ccc(Br)s2)C1=O. The minimum absolute atomic E-state index is 0.0239. The minimum atomic E-state index is -0.317. The second kappa shape index (κ2) is 5.08. The van der Waals surface area contributed by atoms with Gasteiger partial charge in [-0.05, 0) is 45.9 Å². The topological polar surface area (TPSA) is 37.4 Å². The van der Waals surface area contributed by atoms with Gasteiger partial charge in [0.1, 0.15) is 0 Å². The molecule has 0 N–H and O–H groups in total. The summed E-state index contributed by atoms with van der Waals surface area (Å²) in [4.78, 5) is 25.7. The zero-order chi connectivity index (χ0) is 12.4. The molecule has 2 amide bonds.